The third-order valence-electron chi connectivity index (χ3n) is 5.42. The molecule has 1 N–H and O–H groups in total. The van der Waals surface area contributed by atoms with Gasteiger partial charge < -0.3 is 14.8 Å². The molecule has 0 aliphatic carbocycles. The molecule has 0 unspecified atom stereocenters. The molecule has 0 radical (unpaired) electrons. The highest BCUT2D eigenvalue weighted by Gasteiger charge is 2.29. The number of esters is 2. The predicted octanol–water partition coefficient (Wildman–Crippen LogP) is 5.31. The Balaban J connectivity index is 2.19. The van der Waals surface area contributed by atoms with Gasteiger partial charge in [0.15, 0.2) is 0 Å². The first-order valence-corrected chi connectivity index (χ1v) is 13.5. The average Bonchev–Trinajstić information content (AvgIpc) is 2.79. The molecule has 7 heteroatoms. The van der Waals surface area contributed by atoms with Crippen LogP contribution in [0, 0.1) is 5.92 Å². The number of hydrogen-bond acceptors (Lipinski definition) is 6. The van der Waals surface area contributed by atoms with Crippen molar-refractivity contribution >= 4 is 40.4 Å². The van der Waals surface area contributed by atoms with Gasteiger partial charge in [-0.15, -0.1) is 0 Å². The van der Waals surface area contributed by atoms with E-state index < -0.39 is 17.6 Å². The summed E-state index contributed by atoms with van der Waals surface area (Å²) >= 11 is 1.57. The Labute approximate surface area is 213 Å². The predicted molar refractivity (Wildman–Crippen MR) is 142 cm³/mol. The van der Waals surface area contributed by atoms with E-state index in [2.05, 4.69) is 36.5 Å². The zero-order valence-electron chi connectivity index (χ0n) is 21.6. The molecule has 0 saturated heterocycles. The van der Waals surface area contributed by atoms with E-state index in [1.165, 1.54) is 6.92 Å². The number of carbonyl (C=O) groups is 3. The average molecular weight is 502 g/mol. The van der Waals surface area contributed by atoms with Crippen LogP contribution >= 0.6 is 11.8 Å². The lowest BCUT2D eigenvalue weighted by Gasteiger charge is -2.26. The molecule has 0 saturated carbocycles. The van der Waals surface area contributed by atoms with Crippen molar-refractivity contribution in [2.75, 3.05) is 18.1 Å². The van der Waals surface area contributed by atoms with E-state index in [9.17, 15) is 14.4 Å². The summed E-state index contributed by atoms with van der Waals surface area (Å²) in [6, 6.07) is 13.6. The number of carbonyl (C=O) groups excluding carboxylic acids is 3. The third kappa shape index (κ3) is 10.3. The largest absolute Gasteiger partial charge is 0.465 e. The zero-order chi connectivity index (χ0) is 25.8. The van der Waals surface area contributed by atoms with E-state index in [4.69, 9.17) is 9.47 Å². The van der Waals surface area contributed by atoms with Crippen LogP contribution < -0.4 is 5.32 Å². The number of fused-ring (bicyclic) bond motifs is 1. The van der Waals surface area contributed by atoms with Gasteiger partial charge in [0.25, 0.3) is 0 Å². The van der Waals surface area contributed by atoms with Gasteiger partial charge >= 0.3 is 11.9 Å². The SMILES string of the molecule is CCCC[C@H](NC(=O)[C@@H](CSCCOC(C)=O)Cc1cccc2ccccc12)C(=O)OC(C)(C)C. The van der Waals surface area contributed by atoms with Crippen LogP contribution in [0.25, 0.3) is 10.8 Å². The summed E-state index contributed by atoms with van der Waals surface area (Å²) in [7, 11) is 0. The van der Waals surface area contributed by atoms with Crippen molar-refractivity contribution < 1.29 is 23.9 Å². The van der Waals surface area contributed by atoms with Crippen molar-refractivity contribution in [2.45, 2.75) is 71.9 Å². The van der Waals surface area contributed by atoms with Crippen molar-refractivity contribution in [2.24, 2.45) is 5.92 Å². The summed E-state index contributed by atoms with van der Waals surface area (Å²) in [4.78, 5) is 37.4. The lowest BCUT2D eigenvalue weighted by molar-refractivity contribution is -0.159. The second-order valence-electron chi connectivity index (χ2n) is 9.69. The molecule has 192 valence electrons. The first-order valence-electron chi connectivity index (χ1n) is 12.3. The third-order valence-corrected chi connectivity index (χ3v) is 6.52. The fourth-order valence-electron chi connectivity index (χ4n) is 3.75. The van der Waals surface area contributed by atoms with Crippen LogP contribution in [-0.4, -0.2) is 47.6 Å². The van der Waals surface area contributed by atoms with Crippen LogP contribution in [0.1, 0.15) is 59.4 Å². The number of ether oxygens (including phenoxy) is 2. The van der Waals surface area contributed by atoms with Gasteiger partial charge in [-0.1, -0.05) is 62.2 Å². The molecule has 6 nitrogen and oxygen atoms in total. The maximum Gasteiger partial charge on any atom is 0.329 e. The number of rotatable bonds is 13. The molecule has 35 heavy (non-hydrogen) atoms. The highest BCUT2D eigenvalue weighted by molar-refractivity contribution is 7.99. The first-order chi connectivity index (χ1) is 16.6. The van der Waals surface area contributed by atoms with Crippen molar-refractivity contribution in [1.29, 1.82) is 0 Å². The molecule has 1 amide bonds. The fourth-order valence-corrected chi connectivity index (χ4v) is 4.67. The summed E-state index contributed by atoms with van der Waals surface area (Å²) < 4.78 is 10.6. The highest BCUT2D eigenvalue weighted by atomic mass is 32.2. The Bertz CT molecular complexity index is 979. The van der Waals surface area contributed by atoms with E-state index in [0.717, 1.165) is 29.2 Å². The van der Waals surface area contributed by atoms with Crippen LogP contribution in [0.3, 0.4) is 0 Å². The lowest BCUT2D eigenvalue weighted by Crippen LogP contribution is -2.47. The number of amides is 1. The molecular weight excluding hydrogens is 462 g/mol. The second kappa shape index (κ2) is 14.1. The molecule has 0 fully saturated rings. The van der Waals surface area contributed by atoms with Crippen molar-refractivity contribution in [3.8, 4) is 0 Å². The van der Waals surface area contributed by atoms with Crippen LogP contribution in [0.15, 0.2) is 42.5 Å². The molecule has 2 rings (SSSR count). The monoisotopic (exact) mass is 501 g/mol. The Morgan fingerprint density at radius 3 is 2.46 bits per heavy atom. The van der Waals surface area contributed by atoms with Gasteiger partial charge in [-0.05, 0) is 49.9 Å². The van der Waals surface area contributed by atoms with Crippen molar-refractivity contribution in [3.63, 3.8) is 0 Å². The standard InChI is InChI=1S/C28H39NO5S/c1-6-7-15-25(27(32)34-28(3,4)5)29-26(31)23(19-35-17-16-33-20(2)30)18-22-13-10-12-21-11-8-9-14-24(21)22/h8-14,23,25H,6-7,15-19H2,1-5H3,(H,29,31)/t23-,25+/m1/s1. The summed E-state index contributed by atoms with van der Waals surface area (Å²) in [6.07, 6.45) is 2.82. The Morgan fingerprint density at radius 2 is 1.77 bits per heavy atom. The molecule has 0 aliphatic heterocycles. The van der Waals surface area contributed by atoms with E-state index in [1.807, 2.05) is 39.0 Å². The Kier molecular flexibility index (Phi) is 11.6. The molecule has 2 atom stereocenters. The quantitative estimate of drug-likeness (QED) is 0.296. The van der Waals surface area contributed by atoms with Gasteiger partial charge in [0.2, 0.25) is 5.91 Å². The first kappa shape index (κ1) is 28.7. The molecule has 0 heterocycles. The minimum Gasteiger partial charge on any atom is -0.465 e. The number of unbranched alkanes of at least 4 members (excludes halogenated alkanes) is 1. The summed E-state index contributed by atoms with van der Waals surface area (Å²) in [5.41, 5.74) is 0.465. The minimum absolute atomic E-state index is 0.162. The van der Waals surface area contributed by atoms with Gasteiger partial charge in [-0.2, -0.15) is 11.8 Å². The van der Waals surface area contributed by atoms with Gasteiger partial charge in [-0.3, -0.25) is 9.59 Å². The smallest absolute Gasteiger partial charge is 0.329 e. The number of nitrogens with one attached hydrogen (secondary N) is 1. The molecule has 0 aliphatic rings. The molecule has 2 aromatic rings. The summed E-state index contributed by atoms with van der Waals surface area (Å²) in [5, 5.41) is 5.23. The van der Waals surface area contributed by atoms with E-state index in [-0.39, 0.29) is 17.8 Å². The van der Waals surface area contributed by atoms with Gasteiger partial charge in [-0.25, -0.2) is 4.79 Å². The summed E-state index contributed by atoms with van der Waals surface area (Å²) in [6.45, 7) is 9.22. The molecular formula is C28H39NO5S. The Morgan fingerprint density at radius 1 is 1.06 bits per heavy atom. The number of thioether (sulfide) groups is 1. The number of hydrogen-bond donors (Lipinski definition) is 1. The molecule has 2 aromatic carbocycles. The lowest BCUT2D eigenvalue weighted by atomic mass is 9.95. The fraction of sp³-hybridized carbons (Fsp3) is 0.536. The Hall–Kier alpha value is -2.54. The second-order valence-corrected chi connectivity index (χ2v) is 10.8. The number of benzene rings is 2. The van der Waals surface area contributed by atoms with Crippen LogP contribution in [0.4, 0.5) is 0 Å². The van der Waals surface area contributed by atoms with Crippen LogP contribution in [0.5, 0.6) is 0 Å². The molecule has 0 aromatic heterocycles. The normalized spacial score (nSPS) is 13.2. The highest BCUT2D eigenvalue weighted by Crippen LogP contribution is 2.24. The van der Waals surface area contributed by atoms with Crippen LogP contribution in [0.2, 0.25) is 0 Å². The molecule has 0 bridgehead atoms. The zero-order valence-corrected chi connectivity index (χ0v) is 22.4. The van der Waals surface area contributed by atoms with Crippen molar-refractivity contribution in [3.05, 3.63) is 48.0 Å². The minimum atomic E-state index is -0.678. The van der Waals surface area contributed by atoms with Gasteiger partial charge in [0.05, 0.1) is 5.92 Å². The van der Waals surface area contributed by atoms with Crippen molar-refractivity contribution in [1.82, 2.24) is 5.32 Å². The maximum atomic E-state index is 13.5. The summed E-state index contributed by atoms with van der Waals surface area (Å²) in [5.74, 6) is -0.0768. The molecule has 0 spiro atoms. The van der Waals surface area contributed by atoms with E-state index >= 15 is 0 Å². The van der Waals surface area contributed by atoms with Gasteiger partial charge in [0.1, 0.15) is 18.2 Å². The maximum absolute atomic E-state index is 13.5. The van der Waals surface area contributed by atoms with E-state index in [1.54, 1.807) is 11.8 Å². The van der Waals surface area contributed by atoms with Gasteiger partial charge in [0, 0.05) is 18.4 Å². The van der Waals surface area contributed by atoms with E-state index in [0.29, 0.717) is 31.0 Å². The topological polar surface area (TPSA) is 81.7 Å². The van der Waals surface area contributed by atoms with Crippen LogP contribution in [-0.2, 0) is 30.3 Å².